The summed E-state index contributed by atoms with van der Waals surface area (Å²) in [7, 11) is 0. The third-order valence-electron chi connectivity index (χ3n) is 1.83. The van der Waals surface area contributed by atoms with Gasteiger partial charge in [0.1, 0.15) is 11.6 Å². The van der Waals surface area contributed by atoms with E-state index in [0.29, 0.717) is 6.07 Å². The van der Waals surface area contributed by atoms with Gasteiger partial charge in [-0.15, -0.1) is 0 Å². The Kier molecular flexibility index (Phi) is 4.05. The zero-order valence-corrected chi connectivity index (χ0v) is 7.84. The minimum atomic E-state index is -3.10. The van der Waals surface area contributed by atoms with Gasteiger partial charge >= 0.3 is 6.61 Å². The smallest absolute Gasteiger partial charge is 0.387 e. The van der Waals surface area contributed by atoms with E-state index in [1.165, 1.54) is 0 Å². The van der Waals surface area contributed by atoms with Crippen LogP contribution >= 0.6 is 0 Å². The molecular formula is C9H8F5NO. The SMILES string of the molecule is NC(c1ccc(OC(F)F)cc1F)C(F)F. The first-order valence-corrected chi connectivity index (χ1v) is 4.20. The largest absolute Gasteiger partial charge is 0.435 e. The van der Waals surface area contributed by atoms with Crippen molar-refractivity contribution in [2.75, 3.05) is 0 Å². The summed E-state index contributed by atoms with van der Waals surface area (Å²) in [4.78, 5) is 0. The van der Waals surface area contributed by atoms with Crippen LogP contribution in [0, 0.1) is 5.82 Å². The minimum absolute atomic E-state index is 0.447. The number of halogens is 5. The molecular weight excluding hydrogens is 233 g/mol. The molecule has 1 atom stereocenters. The van der Waals surface area contributed by atoms with E-state index < -0.39 is 36.2 Å². The Morgan fingerprint density at radius 2 is 1.75 bits per heavy atom. The van der Waals surface area contributed by atoms with Gasteiger partial charge in [-0.1, -0.05) is 6.07 Å². The van der Waals surface area contributed by atoms with E-state index >= 15 is 0 Å². The van der Waals surface area contributed by atoms with E-state index in [-0.39, 0.29) is 0 Å². The number of hydrogen-bond acceptors (Lipinski definition) is 2. The number of nitrogens with two attached hydrogens (primary N) is 1. The molecule has 0 radical (unpaired) electrons. The molecule has 0 heterocycles. The topological polar surface area (TPSA) is 35.2 Å². The molecule has 0 saturated carbocycles. The Labute approximate surface area is 87.8 Å². The molecule has 2 nitrogen and oxygen atoms in total. The molecule has 0 amide bonds. The van der Waals surface area contributed by atoms with Crippen LogP contribution in [0.25, 0.3) is 0 Å². The number of hydrogen-bond donors (Lipinski definition) is 1. The summed E-state index contributed by atoms with van der Waals surface area (Å²) < 4.78 is 64.9. The predicted molar refractivity (Wildman–Crippen MR) is 46.0 cm³/mol. The van der Waals surface area contributed by atoms with E-state index in [1.807, 2.05) is 0 Å². The van der Waals surface area contributed by atoms with Gasteiger partial charge in [0.15, 0.2) is 0 Å². The molecule has 0 spiro atoms. The highest BCUT2D eigenvalue weighted by Gasteiger charge is 2.21. The van der Waals surface area contributed by atoms with Gasteiger partial charge in [0, 0.05) is 11.6 Å². The van der Waals surface area contributed by atoms with Crippen LogP contribution in [-0.4, -0.2) is 13.0 Å². The number of rotatable bonds is 4. The lowest BCUT2D eigenvalue weighted by molar-refractivity contribution is -0.0500. The normalized spacial score (nSPS) is 13.2. The van der Waals surface area contributed by atoms with Gasteiger partial charge in [0.2, 0.25) is 0 Å². The lowest BCUT2D eigenvalue weighted by Crippen LogP contribution is -2.20. The molecule has 0 aliphatic carbocycles. The molecule has 1 aromatic carbocycles. The van der Waals surface area contributed by atoms with Crippen LogP contribution in [0.1, 0.15) is 11.6 Å². The lowest BCUT2D eigenvalue weighted by atomic mass is 10.1. The van der Waals surface area contributed by atoms with Crippen molar-refractivity contribution >= 4 is 0 Å². The first-order valence-electron chi connectivity index (χ1n) is 4.20. The Hall–Kier alpha value is -1.37. The monoisotopic (exact) mass is 241 g/mol. The fourth-order valence-corrected chi connectivity index (χ4v) is 1.09. The highest BCUT2D eigenvalue weighted by molar-refractivity contribution is 5.31. The molecule has 0 aromatic heterocycles. The van der Waals surface area contributed by atoms with Gasteiger partial charge in [-0.2, -0.15) is 8.78 Å². The van der Waals surface area contributed by atoms with Crippen LogP contribution in [-0.2, 0) is 0 Å². The molecule has 16 heavy (non-hydrogen) atoms. The second-order valence-electron chi connectivity index (χ2n) is 2.92. The maximum atomic E-state index is 13.2. The van der Waals surface area contributed by atoms with Crippen LogP contribution < -0.4 is 10.5 Å². The summed E-state index contributed by atoms with van der Waals surface area (Å²) in [5.74, 6) is -1.55. The van der Waals surface area contributed by atoms with Crippen LogP contribution in [0.4, 0.5) is 22.0 Å². The fourth-order valence-electron chi connectivity index (χ4n) is 1.09. The average Bonchev–Trinajstić information content (AvgIpc) is 2.15. The van der Waals surface area contributed by atoms with E-state index in [9.17, 15) is 22.0 Å². The van der Waals surface area contributed by atoms with Gasteiger partial charge in [-0.3, -0.25) is 0 Å². The molecule has 1 unspecified atom stereocenters. The van der Waals surface area contributed by atoms with Gasteiger partial charge in [0.25, 0.3) is 6.43 Å². The molecule has 1 rings (SSSR count). The second-order valence-corrected chi connectivity index (χ2v) is 2.92. The number of alkyl halides is 4. The standard InChI is InChI=1S/C9H8F5NO/c10-6-3-4(16-9(13)14)1-2-5(6)7(15)8(11)12/h1-3,7-9H,15H2. The fraction of sp³-hybridized carbons (Fsp3) is 0.333. The summed E-state index contributed by atoms with van der Waals surface area (Å²) in [5, 5.41) is 0. The molecule has 0 saturated heterocycles. The van der Waals surface area contributed by atoms with Crippen molar-refractivity contribution in [3.05, 3.63) is 29.6 Å². The summed E-state index contributed by atoms with van der Waals surface area (Å²) in [6.45, 7) is -3.10. The quantitative estimate of drug-likeness (QED) is 0.822. The van der Waals surface area contributed by atoms with Crippen molar-refractivity contribution in [2.24, 2.45) is 5.73 Å². The maximum absolute atomic E-state index is 13.2. The molecule has 1 aromatic rings. The highest BCUT2D eigenvalue weighted by Crippen LogP contribution is 2.25. The van der Waals surface area contributed by atoms with Gasteiger partial charge in [-0.05, 0) is 6.07 Å². The van der Waals surface area contributed by atoms with Crippen LogP contribution in [0.5, 0.6) is 5.75 Å². The highest BCUT2D eigenvalue weighted by atomic mass is 19.3. The molecule has 0 aliphatic rings. The first kappa shape index (κ1) is 12.7. The maximum Gasteiger partial charge on any atom is 0.387 e. The van der Waals surface area contributed by atoms with Crippen molar-refractivity contribution in [2.45, 2.75) is 19.1 Å². The van der Waals surface area contributed by atoms with Gasteiger partial charge in [0.05, 0.1) is 6.04 Å². The Morgan fingerprint density at radius 3 is 2.19 bits per heavy atom. The average molecular weight is 241 g/mol. The van der Waals surface area contributed by atoms with Gasteiger partial charge < -0.3 is 10.5 Å². The molecule has 7 heteroatoms. The van der Waals surface area contributed by atoms with Crippen LogP contribution in [0.15, 0.2) is 18.2 Å². The van der Waals surface area contributed by atoms with Crippen molar-refractivity contribution in [1.82, 2.24) is 0 Å². The number of benzene rings is 1. The summed E-state index contributed by atoms with van der Waals surface area (Å²) in [5.41, 5.74) is 4.56. The third-order valence-corrected chi connectivity index (χ3v) is 1.83. The third kappa shape index (κ3) is 3.06. The molecule has 0 bridgehead atoms. The Morgan fingerprint density at radius 1 is 1.12 bits per heavy atom. The Balaban J connectivity index is 2.91. The lowest BCUT2D eigenvalue weighted by Gasteiger charge is -2.12. The summed E-state index contributed by atoms with van der Waals surface area (Å²) in [6.07, 6.45) is -2.93. The van der Waals surface area contributed by atoms with Gasteiger partial charge in [-0.25, -0.2) is 13.2 Å². The van der Waals surface area contributed by atoms with Crippen molar-refractivity contribution in [3.8, 4) is 5.75 Å². The van der Waals surface area contributed by atoms with E-state index in [2.05, 4.69) is 4.74 Å². The molecule has 0 fully saturated rings. The zero-order chi connectivity index (χ0) is 12.3. The van der Waals surface area contributed by atoms with Crippen LogP contribution in [0.2, 0.25) is 0 Å². The van der Waals surface area contributed by atoms with Crippen molar-refractivity contribution in [1.29, 1.82) is 0 Å². The molecule has 0 aliphatic heterocycles. The Bertz CT molecular complexity index is 358. The second kappa shape index (κ2) is 5.11. The zero-order valence-electron chi connectivity index (χ0n) is 7.84. The van der Waals surface area contributed by atoms with E-state index in [4.69, 9.17) is 5.73 Å². The predicted octanol–water partition coefficient (Wildman–Crippen LogP) is 2.69. The molecule has 90 valence electrons. The minimum Gasteiger partial charge on any atom is -0.435 e. The molecule has 2 N–H and O–H groups in total. The van der Waals surface area contributed by atoms with Crippen molar-refractivity contribution in [3.63, 3.8) is 0 Å². The van der Waals surface area contributed by atoms with E-state index in [0.717, 1.165) is 12.1 Å². The first-order chi connectivity index (χ1) is 7.41. The summed E-state index contributed by atoms with van der Waals surface area (Å²) >= 11 is 0. The van der Waals surface area contributed by atoms with Crippen molar-refractivity contribution < 1.29 is 26.7 Å². The van der Waals surface area contributed by atoms with Crippen LogP contribution in [0.3, 0.4) is 0 Å². The van der Waals surface area contributed by atoms with E-state index in [1.54, 1.807) is 0 Å². The summed E-state index contributed by atoms with van der Waals surface area (Å²) in [6, 6.07) is 0.640. The number of ether oxygens (including phenoxy) is 1.